The lowest BCUT2D eigenvalue weighted by Crippen LogP contribution is -2.17. The number of nitrogens with zero attached hydrogens (tertiary/aromatic N) is 1. The predicted molar refractivity (Wildman–Crippen MR) is 117 cm³/mol. The molecule has 2 aliphatic rings. The summed E-state index contributed by atoms with van der Waals surface area (Å²) in [5, 5.41) is 1.13. The summed E-state index contributed by atoms with van der Waals surface area (Å²) < 4.78 is 25.2. The van der Waals surface area contributed by atoms with E-state index in [2.05, 4.69) is 23.8 Å². The lowest BCUT2D eigenvalue weighted by molar-refractivity contribution is 0.208. The van der Waals surface area contributed by atoms with Crippen LogP contribution in [0.1, 0.15) is 25.3 Å². The molecule has 4 nitrogen and oxygen atoms in total. The highest BCUT2D eigenvalue weighted by Crippen LogP contribution is 2.47. The van der Waals surface area contributed by atoms with Crippen LogP contribution in [0.2, 0.25) is 0 Å². The van der Waals surface area contributed by atoms with Gasteiger partial charge in [-0.2, -0.15) is 0 Å². The summed E-state index contributed by atoms with van der Waals surface area (Å²) in [4.78, 5) is 12.6. The minimum absolute atomic E-state index is 0.201. The maximum atomic E-state index is 13.9. The van der Waals surface area contributed by atoms with Gasteiger partial charge in [0, 0.05) is 47.8 Å². The average molecular weight is 411 g/mol. The molecule has 0 radical (unpaired) electrons. The van der Waals surface area contributed by atoms with Crippen molar-refractivity contribution in [2.24, 2.45) is 13.0 Å². The number of pyridine rings is 1. The Bertz CT molecular complexity index is 1170. The maximum absolute atomic E-state index is 13.9. The quantitative estimate of drug-likeness (QED) is 0.592. The number of ether oxygens (including phenoxy) is 1. The highest BCUT2D eigenvalue weighted by molar-refractivity contribution is 8.00. The molecule has 1 N–H and O–H groups in total. The number of aryl methyl sites for hydroxylation is 1. The van der Waals surface area contributed by atoms with Gasteiger partial charge in [-0.15, -0.1) is 0 Å². The molecule has 0 amide bonds. The molecular formula is C23H23FN2O2S. The molecule has 1 aromatic heterocycles. The lowest BCUT2D eigenvalue weighted by Gasteiger charge is -2.16. The Morgan fingerprint density at radius 3 is 2.79 bits per heavy atom. The first-order valence-corrected chi connectivity index (χ1v) is 11.0. The fraction of sp³-hybridized carbons (Fsp3) is 0.348. The topological polar surface area (TPSA) is 43.3 Å². The van der Waals surface area contributed by atoms with E-state index in [0.29, 0.717) is 11.3 Å². The normalized spacial score (nSPS) is 18.0. The van der Waals surface area contributed by atoms with Gasteiger partial charge in [0.1, 0.15) is 17.7 Å². The molecule has 0 bridgehead atoms. The standard InChI is InChI=1S/C23H23FN2O2S/c1-3-29-25-16-8-14-9-21(13-4-5-13)28-22(14)18(11-16)20-12-26(2)23(27)19-10-15(24)6-7-17(19)20/h6-8,10-13,21,25H,3-5,9H2,1-2H3. The maximum Gasteiger partial charge on any atom is 0.258 e. The summed E-state index contributed by atoms with van der Waals surface area (Å²) in [7, 11) is 1.71. The zero-order valence-corrected chi connectivity index (χ0v) is 17.3. The minimum Gasteiger partial charge on any atom is -0.489 e. The summed E-state index contributed by atoms with van der Waals surface area (Å²) in [6, 6.07) is 8.69. The van der Waals surface area contributed by atoms with Crippen molar-refractivity contribution in [1.29, 1.82) is 0 Å². The molecule has 150 valence electrons. The number of rotatable bonds is 5. The Morgan fingerprint density at radius 2 is 2.03 bits per heavy atom. The van der Waals surface area contributed by atoms with E-state index < -0.39 is 5.82 Å². The third kappa shape index (κ3) is 3.29. The van der Waals surface area contributed by atoms with Crippen molar-refractivity contribution < 1.29 is 9.13 Å². The number of hydrogen-bond acceptors (Lipinski definition) is 4. The van der Waals surface area contributed by atoms with E-state index in [1.807, 2.05) is 6.20 Å². The summed E-state index contributed by atoms with van der Waals surface area (Å²) >= 11 is 1.65. The molecule has 1 atom stereocenters. The molecule has 3 aromatic rings. The molecule has 1 aliphatic heterocycles. The van der Waals surface area contributed by atoms with E-state index in [4.69, 9.17) is 4.74 Å². The SMILES string of the molecule is CCSNc1cc2c(c(-c3cn(C)c(=O)c4cc(F)ccc34)c1)OC(C1CC1)C2. The van der Waals surface area contributed by atoms with Crippen molar-refractivity contribution in [2.45, 2.75) is 32.3 Å². The highest BCUT2D eigenvalue weighted by atomic mass is 32.2. The molecule has 29 heavy (non-hydrogen) atoms. The third-order valence-electron chi connectivity index (χ3n) is 5.77. The van der Waals surface area contributed by atoms with Gasteiger partial charge < -0.3 is 14.0 Å². The molecule has 0 saturated heterocycles. The van der Waals surface area contributed by atoms with E-state index >= 15 is 0 Å². The zero-order chi connectivity index (χ0) is 20.1. The number of fused-ring (bicyclic) bond motifs is 2. The van der Waals surface area contributed by atoms with E-state index in [0.717, 1.165) is 40.1 Å². The smallest absolute Gasteiger partial charge is 0.258 e. The Kier molecular flexibility index (Phi) is 4.54. The molecule has 1 aliphatic carbocycles. The molecule has 0 spiro atoms. The first-order valence-electron chi connectivity index (χ1n) is 10.1. The van der Waals surface area contributed by atoms with Gasteiger partial charge >= 0.3 is 0 Å². The van der Waals surface area contributed by atoms with Crippen molar-refractivity contribution in [3.8, 4) is 16.9 Å². The molecule has 1 unspecified atom stereocenters. The van der Waals surface area contributed by atoms with Gasteiger partial charge in [-0.1, -0.05) is 24.9 Å². The number of hydrogen-bond donors (Lipinski definition) is 1. The van der Waals surface area contributed by atoms with Crippen molar-refractivity contribution in [3.63, 3.8) is 0 Å². The van der Waals surface area contributed by atoms with Gasteiger partial charge in [-0.3, -0.25) is 4.79 Å². The fourth-order valence-electron chi connectivity index (χ4n) is 4.19. The van der Waals surface area contributed by atoms with Crippen LogP contribution < -0.4 is 15.0 Å². The van der Waals surface area contributed by atoms with Crippen molar-refractivity contribution in [2.75, 3.05) is 10.5 Å². The van der Waals surface area contributed by atoms with Gasteiger partial charge in [-0.25, -0.2) is 4.39 Å². The number of aromatic nitrogens is 1. The molecule has 6 heteroatoms. The monoisotopic (exact) mass is 410 g/mol. The van der Waals surface area contributed by atoms with Crippen LogP contribution in [0.4, 0.5) is 10.1 Å². The highest BCUT2D eigenvalue weighted by Gasteiger charge is 2.38. The van der Waals surface area contributed by atoms with E-state index in [1.165, 1.54) is 35.1 Å². The second-order valence-corrected chi connectivity index (χ2v) is 8.96. The van der Waals surface area contributed by atoms with Crippen LogP contribution in [0, 0.1) is 11.7 Å². The van der Waals surface area contributed by atoms with E-state index in [9.17, 15) is 9.18 Å². The van der Waals surface area contributed by atoms with Gasteiger partial charge in [-0.05, 0) is 48.4 Å². The van der Waals surface area contributed by atoms with Gasteiger partial charge in [0.2, 0.25) is 0 Å². The zero-order valence-electron chi connectivity index (χ0n) is 16.5. The van der Waals surface area contributed by atoms with Crippen molar-refractivity contribution >= 4 is 28.4 Å². The third-order valence-corrected chi connectivity index (χ3v) is 6.44. The summed E-state index contributed by atoms with van der Waals surface area (Å²) in [6.07, 6.45) is 5.44. The molecule has 5 rings (SSSR count). The van der Waals surface area contributed by atoms with Crippen LogP contribution in [0.5, 0.6) is 5.75 Å². The van der Waals surface area contributed by atoms with Crippen LogP contribution in [-0.4, -0.2) is 16.4 Å². The first-order chi connectivity index (χ1) is 14.0. The van der Waals surface area contributed by atoms with Crippen LogP contribution in [0.15, 0.2) is 41.3 Å². The number of benzene rings is 2. The lowest BCUT2D eigenvalue weighted by atomic mass is 9.96. The summed E-state index contributed by atoms with van der Waals surface area (Å²) in [5.41, 5.74) is 3.86. The van der Waals surface area contributed by atoms with Crippen LogP contribution in [0.25, 0.3) is 21.9 Å². The van der Waals surface area contributed by atoms with E-state index in [1.54, 1.807) is 25.1 Å². The molecule has 1 saturated carbocycles. The number of halogens is 1. The largest absolute Gasteiger partial charge is 0.489 e. The molecule has 1 fully saturated rings. The number of anilines is 1. The predicted octanol–water partition coefficient (Wildman–Crippen LogP) is 5.14. The molecule has 2 aromatic carbocycles. The Hall–Kier alpha value is -2.47. The van der Waals surface area contributed by atoms with Crippen molar-refractivity contribution in [1.82, 2.24) is 4.57 Å². The summed E-state index contributed by atoms with van der Waals surface area (Å²) in [6.45, 7) is 2.10. The van der Waals surface area contributed by atoms with Gasteiger partial charge in [0.05, 0.1) is 5.39 Å². The Balaban J connectivity index is 1.73. The van der Waals surface area contributed by atoms with Gasteiger partial charge in [0.25, 0.3) is 5.56 Å². The van der Waals surface area contributed by atoms with Crippen LogP contribution in [0.3, 0.4) is 0 Å². The van der Waals surface area contributed by atoms with E-state index in [-0.39, 0.29) is 11.7 Å². The van der Waals surface area contributed by atoms with Crippen LogP contribution >= 0.6 is 11.9 Å². The second kappa shape index (κ2) is 7.10. The molecular weight excluding hydrogens is 387 g/mol. The average Bonchev–Trinajstić information content (AvgIpc) is 3.48. The fourth-order valence-corrected chi connectivity index (χ4v) is 4.62. The van der Waals surface area contributed by atoms with Crippen LogP contribution in [-0.2, 0) is 13.5 Å². The molecule has 2 heterocycles. The summed E-state index contributed by atoms with van der Waals surface area (Å²) in [5.74, 6) is 2.09. The van der Waals surface area contributed by atoms with Gasteiger partial charge in [0.15, 0.2) is 0 Å². The first kappa shape index (κ1) is 18.6. The second-order valence-electron chi connectivity index (χ2n) is 7.89. The Labute approximate surface area is 173 Å². The Morgan fingerprint density at radius 1 is 1.21 bits per heavy atom. The minimum atomic E-state index is -0.406. The van der Waals surface area contributed by atoms with Crippen molar-refractivity contribution in [3.05, 3.63) is 58.3 Å². The number of nitrogens with one attached hydrogen (secondary N) is 1.